The highest BCUT2D eigenvalue weighted by Crippen LogP contribution is 2.38. The maximum absolute atomic E-state index is 11.3. The SMILES string of the molecule is COc1cc(C(C)=O)cc(Br)c1OCC1CC1. The van der Waals surface area contributed by atoms with E-state index in [4.69, 9.17) is 9.47 Å². The van der Waals surface area contributed by atoms with Crippen LogP contribution in [-0.2, 0) is 0 Å². The fourth-order valence-electron chi connectivity index (χ4n) is 1.55. The highest BCUT2D eigenvalue weighted by molar-refractivity contribution is 9.10. The van der Waals surface area contributed by atoms with Crippen LogP contribution in [0.3, 0.4) is 0 Å². The van der Waals surface area contributed by atoms with Crippen LogP contribution in [0.1, 0.15) is 30.1 Å². The van der Waals surface area contributed by atoms with Crippen molar-refractivity contribution in [1.82, 2.24) is 0 Å². The average molecular weight is 299 g/mol. The number of carbonyl (C=O) groups is 1. The van der Waals surface area contributed by atoms with Crippen molar-refractivity contribution in [3.05, 3.63) is 22.2 Å². The minimum atomic E-state index is 0.0118. The zero-order valence-electron chi connectivity index (χ0n) is 9.96. The maximum atomic E-state index is 11.3. The number of Topliss-reactive ketones (excluding diaryl/α,β-unsaturated/α-hetero) is 1. The standard InChI is InChI=1S/C13H15BrO3/c1-8(15)10-5-11(14)13(12(6-10)16-2)17-7-9-3-4-9/h5-6,9H,3-4,7H2,1-2H3. The summed E-state index contributed by atoms with van der Waals surface area (Å²) in [5.41, 5.74) is 0.618. The first kappa shape index (κ1) is 12.4. The van der Waals surface area contributed by atoms with Crippen molar-refractivity contribution in [2.75, 3.05) is 13.7 Å². The first-order chi connectivity index (χ1) is 8.11. The number of hydrogen-bond donors (Lipinski definition) is 0. The quantitative estimate of drug-likeness (QED) is 0.781. The molecule has 1 aromatic carbocycles. The number of halogens is 1. The van der Waals surface area contributed by atoms with E-state index < -0.39 is 0 Å². The highest BCUT2D eigenvalue weighted by Gasteiger charge is 2.23. The third-order valence-corrected chi connectivity index (χ3v) is 3.39. The Morgan fingerprint density at radius 2 is 2.18 bits per heavy atom. The largest absolute Gasteiger partial charge is 0.493 e. The molecule has 0 spiro atoms. The predicted molar refractivity (Wildman–Crippen MR) is 68.9 cm³/mol. The Kier molecular flexibility index (Phi) is 3.72. The molecule has 0 unspecified atom stereocenters. The third kappa shape index (κ3) is 3.00. The van der Waals surface area contributed by atoms with E-state index in [2.05, 4.69) is 15.9 Å². The van der Waals surface area contributed by atoms with Gasteiger partial charge in [-0.2, -0.15) is 0 Å². The number of carbonyl (C=O) groups excluding carboxylic acids is 1. The molecule has 3 nitrogen and oxygen atoms in total. The number of hydrogen-bond acceptors (Lipinski definition) is 3. The predicted octanol–water partition coefficient (Wildman–Crippen LogP) is 3.45. The molecule has 0 amide bonds. The summed E-state index contributed by atoms with van der Waals surface area (Å²) >= 11 is 3.42. The molecule has 1 aromatic rings. The summed E-state index contributed by atoms with van der Waals surface area (Å²) in [7, 11) is 1.58. The molecule has 0 atom stereocenters. The lowest BCUT2D eigenvalue weighted by Gasteiger charge is -2.13. The molecule has 0 radical (unpaired) electrons. The Morgan fingerprint density at radius 3 is 2.71 bits per heavy atom. The number of rotatable bonds is 5. The lowest BCUT2D eigenvalue weighted by molar-refractivity contribution is 0.101. The van der Waals surface area contributed by atoms with Crippen molar-refractivity contribution in [3.63, 3.8) is 0 Å². The van der Waals surface area contributed by atoms with Crippen LogP contribution in [-0.4, -0.2) is 19.5 Å². The van der Waals surface area contributed by atoms with Crippen LogP contribution < -0.4 is 9.47 Å². The molecule has 0 bridgehead atoms. The normalized spacial score (nSPS) is 14.5. The maximum Gasteiger partial charge on any atom is 0.175 e. The van der Waals surface area contributed by atoms with Gasteiger partial charge in [-0.15, -0.1) is 0 Å². The van der Waals surface area contributed by atoms with Crippen molar-refractivity contribution in [1.29, 1.82) is 0 Å². The van der Waals surface area contributed by atoms with E-state index in [1.165, 1.54) is 19.8 Å². The number of ketones is 1. The summed E-state index contributed by atoms with van der Waals surface area (Å²) in [5, 5.41) is 0. The summed E-state index contributed by atoms with van der Waals surface area (Å²) in [4.78, 5) is 11.3. The molecule has 2 rings (SSSR count). The molecule has 0 saturated heterocycles. The molecule has 1 fully saturated rings. The van der Waals surface area contributed by atoms with Gasteiger partial charge in [-0.1, -0.05) is 0 Å². The summed E-state index contributed by atoms with van der Waals surface area (Å²) in [6.45, 7) is 2.25. The van der Waals surface area contributed by atoms with Gasteiger partial charge in [-0.25, -0.2) is 0 Å². The van der Waals surface area contributed by atoms with E-state index in [0.717, 1.165) is 4.47 Å². The van der Waals surface area contributed by atoms with Gasteiger partial charge in [0.25, 0.3) is 0 Å². The van der Waals surface area contributed by atoms with Gasteiger partial charge < -0.3 is 9.47 Å². The molecular formula is C13H15BrO3. The molecular weight excluding hydrogens is 284 g/mol. The zero-order valence-corrected chi connectivity index (χ0v) is 11.5. The van der Waals surface area contributed by atoms with Gasteiger partial charge >= 0.3 is 0 Å². The Hall–Kier alpha value is -1.03. The fourth-order valence-corrected chi connectivity index (χ4v) is 2.11. The number of ether oxygens (including phenoxy) is 2. The van der Waals surface area contributed by atoms with Gasteiger partial charge in [-0.3, -0.25) is 4.79 Å². The van der Waals surface area contributed by atoms with E-state index in [-0.39, 0.29) is 5.78 Å². The van der Waals surface area contributed by atoms with Crippen LogP contribution >= 0.6 is 15.9 Å². The topological polar surface area (TPSA) is 35.5 Å². The summed E-state index contributed by atoms with van der Waals surface area (Å²) in [6, 6.07) is 3.49. The fraction of sp³-hybridized carbons (Fsp3) is 0.462. The van der Waals surface area contributed by atoms with E-state index in [1.54, 1.807) is 19.2 Å². The molecule has 0 heterocycles. The van der Waals surface area contributed by atoms with Crippen molar-refractivity contribution in [2.45, 2.75) is 19.8 Å². The van der Waals surface area contributed by atoms with Gasteiger partial charge in [0.2, 0.25) is 0 Å². The second-order valence-electron chi connectivity index (χ2n) is 4.30. The Bertz CT molecular complexity index is 439. The first-order valence-electron chi connectivity index (χ1n) is 5.63. The van der Waals surface area contributed by atoms with Crippen LogP contribution in [0.15, 0.2) is 16.6 Å². The monoisotopic (exact) mass is 298 g/mol. The molecule has 0 aliphatic heterocycles. The molecule has 92 valence electrons. The smallest absolute Gasteiger partial charge is 0.175 e. The molecule has 1 aliphatic rings. The van der Waals surface area contributed by atoms with Crippen LogP contribution in [0.25, 0.3) is 0 Å². The second-order valence-corrected chi connectivity index (χ2v) is 5.15. The van der Waals surface area contributed by atoms with Crippen LogP contribution in [0.4, 0.5) is 0 Å². The first-order valence-corrected chi connectivity index (χ1v) is 6.42. The van der Waals surface area contributed by atoms with Gasteiger partial charge in [0.1, 0.15) is 0 Å². The minimum Gasteiger partial charge on any atom is -0.493 e. The van der Waals surface area contributed by atoms with E-state index in [1.807, 2.05) is 0 Å². The van der Waals surface area contributed by atoms with Crippen molar-refractivity contribution < 1.29 is 14.3 Å². The van der Waals surface area contributed by atoms with Gasteiger partial charge in [0, 0.05) is 5.56 Å². The van der Waals surface area contributed by atoms with Crippen LogP contribution in [0.5, 0.6) is 11.5 Å². The van der Waals surface area contributed by atoms with Crippen molar-refractivity contribution >= 4 is 21.7 Å². The molecule has 0 aromatic heterocycles. The number of methoxy groups -OCH3 is 1. The van der Waals surface area contributed by atoms with Gasteiger partial charge in [0.15, 0.2) is 17.3 Å². The minimum absolute atomic E-state index is 0.0118. The number of benzene rings is 1. The van der Waals surface area contributed by atoms with Crippen LogP contribution in [0, 0.1) is 5.92 Å². The lowest BCUT2D eigenvalue weighted by Crippen LogP contribution is -2.03. The average Bonchev–Trinajstić information content (AvgIpc) is 3.10. The van der Waals surface area contributed by atoms with Crippen molar-refractivity contribution in [3.8, 4) is 11.5 Å². The van der Waals surface area contributed by atoms with Crippen LogP contribution in [0.2, 0.25) is 0 Å². The molecule has 4 heteroatoms. The Balaban J connectivity index is 2.25. The second kappa shape index (κ2) is 5.08. The Morgan fingerprint density at radius 1 is 1.47 bits per heavy atom. The van der Waals surface area contributed by atoms with E-state index in [9.17, 15) is 4.79 Å². The third-order valence-electron chi connectivity index (χ3n) is 2.80. The highest BCUT2D eigenvalue weighted by atomic mass is 79.9. The van der Waals surface area contributed by atoms with Gasteiger partial charge in [0.05, 0.1) is 18.2 Å². The molecule has 0 N–H and O–H groups in total. The molecule has 17 heavy (non-hydrogen) atoms. The van der Waals surface area contributed by atoms with E-state index in [0.29, 0.717) is 29.6 Å². The molecule has 1 aliphatic carbocycles. The van der Waals surface area contributed by atoms with Gasteiger partial charge in [-0.05, 0) is 53.7 Å². The summed E-state index contributed by atoms with van der Waals surface area (Å²) in [5.74, 6) is 1.98. The summed E-state index contributed by atoms with van der Waals surface area (Å²) < 4.78 is 11.8. The van der Waals surface area contributed by atoms with E-state index >= 15 is 0 Å². The summed E-state index contributed by atoms with van der Waals surface area (Å²) in [6.07, 6.45) is 2.48. The lowest BCUT2D eigenvalue weighted by atomic mass is 10.1. The van der Waals surface area contributed by atoms with Crippen molar-refractivity contribution in [2.24, 2.45) is 5.92 Å². The molecule has 1 saturated carbocycles. The zero-order chi connectivity index (χ0) is 12.4. The Labute approximate surface area is 109 Å².